The number of nitrogens with zero attached hydrogens (tertiary/aromatic N) is 2. The van der Waals surface area contributed by atoms with Gasteiger partial charge in [-0.3, -0.25) is 9.48 Å². The van der Waals surface area contributed by atoms with Crippen LogP contribution < -0.4 is 5.32 Å². The van der Waals surface area contributed by atoms with Crippen molar-refractivity contribution >= 4 is 11.9 Å². The zero-order chi connectivity index (χ0) is 22.0. The lowest BCUT2D eigenvalue weighted by Gasteiger charge is -2.07. The summed E-state index contributed by atoms with van der Waals surface area (Å²) in [6, 6.07) is 0. The number of aromatic nitrogens is 2. The molecule has 0 aliphatic carbocycles. The Morgan fingerprint density at radius 1 is 0.833 bits per heavy atom. The van der Waals surface area contributed by atoms with Gasteiger partial charge < -0.3 is 10.4 Å². The minimum atomic E-state index is -1.13. The quantitative estimate of drug-likeness (QED) is 0.264. The third-order valence-electron chi connectivity index (χ3n) is 5.70. The standard InChI is InChI=1S/C24H43N3O3/c1-3-4-5-6-7-8-9-10-11-12-13-14-15-16-17-18-19-25-23(28)22-21(24(29)30)20-26-27(22)2/h20H,3-19H2,1-2H3,(H,25,28)(H,29,30). The molecular formula is C24H43N3O3. The van der Waals surface area contributed by atoms with Gasteiger partial charge in [-0.1, -0.05) is 103 Å². The number of hydrogen-bond donors (Lipinski definition) is 2. The fourth-order valence-electron chi connectivity index (χ4n) is 3.82. The third-order valence-corrected chi connectivity index (χ3v) is 5.70. The van der Waals surface area contributed by atoms with Crippen LogP contribution in [0.1, 0.15) is 131 Å². The smallest absolute Gasteiger partial charge is 0.339 e. The van der Waals surface area contributed by atoms with E-state index in [2.05, 4.69) is 17.3 Å². The molecule has 0 bridgehead atoms. The summed E-state index contributed by atoms with van der Waals surface area (Å²) in [7, 11) is 1.58. The fourth-order valence-corrected chi connectivity index (χ4v) is 3.82. The van der Waals surface area contributed by atoms with Crippen LogP contribution in [-0.4, -0.2) is 33.3 Å². The number of aromatic carboxylic acids is 1. The Hall–Kier alpha value is -1.85. The highest BCUT2D eigenvalue weighted by Crippen LogP contribution is 2.13. The molecule has 6 nitrogen and oxygen atoms in total. The first-order chi connectivity index (χ1) is 14.6. The average Bonchev–Trinajstić information content (AvgIpc) is 3.12. The number of carboxylic acids is 1. The highest BCUT2D eigenvalue weighted by atomic mass is 16.4. The van der Waals surface area contributed by atoms with Crippen molar-refractivity contribution in [2.45, 2.75) is 110 Å². The van der Waals surface area contributed by atoms with E-state index in [4.69, 9.17) is 5.11 Å². The van der Waals surface area contributed by atoms with Crippen LogP contribution in [0.3, 0.4) is 0 Å². The molecule has 1 aromatic heterocycles. The Morgan fingerprint density at radius 3 is 1.70 bits per heavy atom. The Labute approximate surface area is 182 Å². The lowest BCUT2D eigenvalue weighted by molar-refractivity contribution is 0.0690. The van der Waals surface area contributed by atoms with Gasteiger partial charge in [-0.05, 0) is 6.42 Å². The molecule has 30 heavy (non-hydrogen) atoms. The van der Waals surface area contributed by atoms with Crippen LogP contribution in [0.5, 0.6) is 0 Å². The molecule has 0 atom stereocenters. The van der Waals surface area contributed by atoms with Crippen LogP contribution in [0.25, 0.3) is 0 Å². The Kier molecular flexibility index (Phi) is 14.7. The maximum absolute atomic E-state index is 12.2. The van der Waals surface area contributed by atoms with E-state index in [1.807, 2.05) is 0 Å². The number of carbonyl (C=O) groups is 2. The van der Waals surface area contributed by atoms with Crippen molar-refractivity contribution in [3.8, 4) is 0 Å². The molecule has 0 aliphatic heterocycles. The summed E-state index contributed by atoms with van der Waals surface area (Å²) in [6.45, 7) is 2.84. The first-order valence-electron chi connectivity index (χ1n) is 12.1. The molecule has 172 valence electrons. The van der Waals surface area contributed by atoms with Gasteiger partial charge in [0, 0.05) is 13.6 Å². The normalized spacial score (nSPS) is 11.0. The second kappa shape index (κ2) is 16.9. The minimum Gasteiger partial charge on any atom is -0.478 e. The Bertz CT molecular complexity index is 599. The molecule has 0 fully saturated rings. The number of aryl methyl sites for hydroxylation is 1. The molecule has 0 aliphatic rings. The van der Waals surface area contributed by atoms with Crippen LogP contribution in [-0.2, 0) is 7.05 Å². The number of carbonyl (C=O) groups excluding carboxylic acids is 1. The highest BCUT2D eigenvalue weighted by Gasteiger charge is 2.20. The molecule has 0 unspecified atom stereocenters. The van der Waals surface area contributed by atoms with Crippen molar-refractivity contribution in [1.82, 2.24) is 15.1 Å². The molecule has 0 aromatic carbocycles. The first kappa shape index (κ1) is 26.2. The number of carboxylic acid groups (broad SMARTS) is 1. The molecule has 0 spiro atoms. The Morgan fingerprint density at radius 2 is 1.27 bits per heavy atom. The van der Waals surface area contributed by atoms with Gasteiger partial charge >= 0.3 is 5.97 Å². The van der Waals surface area contributed by atoms with Gasteiger partial charge in [-0.25, -0.2) is 4.79 Å². The van der Waals surface area contributed by atoms with E-state index >= 15 is 0 Å². The predicted octanol–water partition coefficient (Wildman–Crippen LogP) is 6.11. The van der Waals surface area contributed by atoms with Gasteiger partial charge in [0.05, 0.1) is 6.20 Å². The minimum absolute atomic E-state index is 0.0537. The van der Waals surface area contributed by atoms with Crippen molar-refractivity contribution < 1.29 is 14.7 Å². The van der Waals surface area contributed by atoms with Crippen LogP contribution in [0.4, 0.5) is 0 Å². The monoisotopic (exact) mass is 421 g/mol. The molecule has 1 amide bonds. The number of hydrogen-bond acceptors (Lipinski definition) is 3. The van der Waals surface area contributed by atoms with Crippen LogP contribution in [0.15, 0.2) is 6.20 Å². The Balaban J connectivity index is 1.90. The fraction of sp³-hybridized carbons (Fsp3) is 0.792. The molecule has 1 heterocycles. The van der Waals surface area contributed by atoms with Gasteiger partial charge in [0.2, 0.25) is 0 Å². The van der Waals surface area contributed by atoms with Crippen molar-refractivity contribution in [2.24, 2.45) is 7.05 Å². The van der Waals surface area contributed by atoms with E-state index < -0.39 is 5.97 Å². The highest BCUT2D eigenvalue weighted by molar-refractivity contribution is 6.03. The van der Waals surface area contributed by atoms with E-state index in [-0.39, 0.29) is 17.2 Å². The van der Waals surface area contributed by atoms with Gasteiger partial charge in [-0.15, -0.1) is 0 Å². The van der Waals surface area contributed by atoms with Crippen molar-refractivity contribution in [3.63, 3.8) is 0 Å². The van der Waals surface area contributed by atoms with Gasteiger partial charge in [0.1, 0.15) is 11.3 Å². The van der Waals surface area contributed by atoms with Crippen LogP contribution in [0, 0.1) is 0 Å². The predicted molar refractivity (Wildman–Crippen MR) is 122 cm³/mol. The maximum Gasteiger partial charge on any atom is 0.339 e. The SMILES string of the molecule is CCCCCCCCCCCCCCCCCCNC(=O)c1c(C(=O)O)cnn1C. The zero-order valence-corrected chi connectivity index (χ0v) is 19.3. The molecule has 1 aromatic rings. The summed E-state index contributed by atoms with van der Waals surface area (Å²) in [5.41, 5.74) is 0.0565. The van der Waals surface area contributed by atoms with Crippen molar-refractivity contribution in [3.05, 3.63) is 17.5 Å². The van der Waals surface area contributed by atoms with Crippen molar-refractivity contribution in [1.29, 1.82) is 0 Å². The lowest BCUT2D eigenvalue weighted by atomic mass is 10.0. The summed E-state index contributed by atoms with van der Waals surface area (Å²) >= 11 is 0. The van der Waals surface area contributed by atoms with E-state index in [0.717, 1.165) is 12.8 Å². The molecule has 2 N–H and O–H groups in total. The summed E-state index contributed by atoms with van der Waals surface area (Å²) in [5, 5.41) is 15.8. The molecule has 6 heteroatoms. The summed E-state index contributed by atoms with van der Waals surface area (Å²) in [4.78, 5) is 23.3. The molecule has 0 saturated heterocycles. The van der Waals surface area contributed by atoms with Crippen LogP contribution in [0.2, 0.25) is 0 Å². The average molecular weight is 422 g/mol. The first-order valence-corrected chi connectivity index (χ1v) is 12.1. The van der Waals surface area contributed by atoms with E-state index in [9.17, 15) is 9.59 Å². The summed E-state index contributed by atoms with van der Waals surface area (Å²) in [5.74, 6) is -1.50. The van der Waals surface area contributed by atoms with Crippen LogP contribution >= 0.6 is 0 Å². The zero-order valence-electron chi connectivity index (χ0n) is 19.3. The molecule has 0 saturated carbocycles. The second-order valence-corrected chi connectivity index (χ2v) is 8.39. The number of unbranched alkanes of at least 4 members (excludes halogenated alkanes) is 15. The molecular weight excluding hydrogens is 378 g/mol. The maximum atomic E-state index is 12.2. The van der Waals surface area contributed by atoms with E-state index in [1.165, 1.54) is 101 Å². The third kappa shape index (κ3) is 11.4. The number of nitrogens with one attached hydrogen (secondary N) is 1. The lowest BCUT2D eigenvalue weighted by Crippen LogP contribution is -2.28. The van der Waals surface area contributed by atoms with Gasteiger partial charge in [0.15, 0.2) is 0 Å². The number of amides is 1. The van der Waals surface area contributed by atoms with Gasteiger partial charge in [-0.2, -0.15) is 5.10 Å². The van der Waals surface area contributed by atoms with E-state index in [0.29, 0.717) is 6.54 Å². The van der Waals surface area contributed by atoms with Gasteiger partial charge in [0.25, 0.3) is 5.91 Å². The number of rotatable bonds is 19. The largest absolute Gasteiger partial charge is 0.478 e. The van der Waals surface area contributed by atoms with E-state index in [1.54, 1.807) is 7.05 Å². The topological polar surface area (TPSA) is 84.2 Å². The molecule has 0 radical (unpaired) electrons. The molecule has 1 rings (SSSR count). The summed E-state index contributed by atoms with van der Waals surface area (Å²) < 4.78 is 1.31. The van der Waals surface area contributed by atoms with Crippen molar-refractivity contribution in [2.75, 3.05) is 6.54 Å². The second-order valence-electron chi connectivity index (χ2n) is 8.39. The summed E-state index contributed by atoms with van der Waals surface area (Å²) in [6.07, 6.45) is 22.3.